The van der Waals surface area contributed by atoms with Crippen molar-refractivity contribution in [1.29, 1.82) is 0 Å². The summed E-state index contributed by atoms with van der Waals surface area (Å²) in [5.41, 5.74) is 0. The minimum atomic E-state index is -5.56. The molecule has 1 aliphatic rings. The largest absolute Gasteiger partial charge is 1.00 e. The summed E-state index contributed by atoms with van der Waals surface area (Å²) < 4.78 is 18.0. The number of esters is 1. The standard InChI is InChI=1S/C6H9O9P.3Na/c7-1-2(8)4-3(9)5(6(10)14-4)15-16(11,12)13;;;/h2,4,7-9H,1H2,(H2,11,12,13);;;/q;3*+1/p-3/t2?,4-;;;/m1.../s1. The molecule has 0 aliphatic carbocycles. The van der Waals surface area contributed by atoms with Crippen LogP contribution in [0.3, 0.4) is 0 Å². The van der Waals surface area contributed by atoms with E-state index in [4.69, 9.17) is 10.2 Å². The van der Waals surface area contributed by atoms with E-state index in [0.29, 0.717) is 0 Å². The molecule has 1 rings (SSSR count). The zero-order chi connectivity index (χ0) is 12.5. The van der Waals surface area contributed by atoms with Crippen molar-refractivity contribution in [3.05, 3.63) is 11.5 Å². The Morgan fingerprint density at radius 2 is 1.84 bits per heavy atom. The molecule has 0 aromatic carbocycles. The molecular formula is C6H6Na3O9P. The molecule has 1 unspecified atom stereocenters. The maximum absolute atomic E-state index is 11.2. The third-order valence-electron chi connectivity index (χ3n) is 1.64. The van der Waals surface area contributed by atoms with E-state index < -0.39 is 44.1 Å². The molecule has 1 heterocycles. The molecule has 0 bridgehead atoms. The molecule has 1 aliphatic heterocycles. The van der Waals surface area contributed by atoms with Gasteiger partial charge in [-0.1, -0.05) is 0 Å². The number of carbonyl (C=O) groups excluding carboxylic acids is 1. The van der Waals surface area contributed by atoms with Gasteiger partial charge in [-0.3, -0.25) is 0 Å². The van der Waals surface area contributed by atoms with E-state index in [2.05, 4.69) is 9.26 Å². The van der Waals surface area contributed by atoms with Crippen LogP contribution in [0, 0.1) is 0 Å². The number of hydrogen-bond acceptors (Lipinski definition) is 9. The van der Waals surface area contributed by atoms with Crippen LogP contribution < -0.4 is 104 Å². The van der Waals surface area contributed by atoms with Crippen molar-refractivity contribution in [2.24, 2.45) is 0 Å². The molecule has 2 N–H and O–H groups in total. The van der Waals surface area contributed by atoms with Crippen LogP contribution in [0.1, 0.15) is 0 Å². The molecule has 92 valence electrons. The fourth-order valence-electron chi connectivity index (χ4n) is 0.995. The number of carbonyl (C=O) groups is 1. The van der Waals surface area contributed by atoms with Crippen molar-refractivity contribution < 1.29 is 132 Å². The van der Waals surface area contributed by atoms with Gasteiger partial charge in [0.25, 0.3) is 0 Å². The van der Waals surface area contributed by atoms with Crippen LogP contribution in [0.15, 0.2) is 11.5 Å². The Bertz CT molecular complexity index is 380. The molecule has 0 amide bonds. The van der Waals surface area contributed by atoms with E-state index >= 15 is 0 Å². The fraction of sp³-hybridized carbons (Fsp3) is 0.500. The second kappa shape index (κ2) is 10.6. The Hall–Kier alpha value is 1.88. The Morgan fingerprint density at radius 1 is 1.37 bits per heavy atom. The number of phosphoric acid groups is 1. The molecule has 9 nitrogen and oxygen atoms in total. The smallest absolute Gasteiger partial charge is 0.870 e. The summed E-state index contributed by atoms with van der Waals surface area (Å²) in [6.07, 6.45) is -3.48. The number of rotatable bonds is 4. The maximum atomic E-state index is 11.2. The summed E-state index contributed by atoms with van der Waals surface area (Å²) in [6, 6.07) is 0. The third kappa shape index (κ3) is 7.62. The van der Waals surface area contributed by atoms with Gasteiger partial charge in [0.1, 0.15) is 20.0 Å². The average Bonchev–Trinajstić information content (AvgIpc) is 2.42. The molecule has 19 heavy (non-hydrogen) atoms. The van der Waals surface area contributed by atoms with Crippen molar-refractivity contribution >= 4 is 13.8 Å². The summed E-state index contributed by atoms with van der Waals surface area (Å²) in [6.45, 7) is -0.886. The van der Waals surface area contributed by atoms with Gasteiger partial charge < -0.3 is 38.9 Å². The van der Waals surface area contributed by atoms with Gasteiger partial charge in [-0.15, -0.1) is 0 Å². The topological polar surface area (TPSA) is 162 Å². The first-order valence-corrected chi connectivity index (χ1v) is 5.35. The summed E-state index contributed by atoms with van der Waals surface area (Å²) in [5.74, 6) is -4.10. The minimum absolute atomic E-state index is 0. The van der Waals surface area contributed by atoms with Gasteiger partial charge in [0, 0.05) is 0 Å². The van der Waals surface area contributed by atoms with Crippen LogP contribution >= 0.6 is 7.82 Å². The van der Waals surface area contributed by atoms with Crippen molar-refractivity contribution in [3.8, 4) is 0 Å². The van der Waals surface area contributed by atoms with Crippen LogP contribution in [-0.2, 0) is 18.6 Å². The number of aliphatic hydroxyl groups excluding tert-OH is 2. The monoisotopic (exact) mass is 322 g/mol. The van der Waals surface area contributed by atoms with Crippen LogP contribution in [0.4, 0.5) is 0 Å². The van der Waals surface area contributed by atoms with Gasteiger partial charge in [0.15, 0.2) is 0 Å². The van der Waals surface area contributed by atoms with Gasteiger partial charge in [-0.25, -0.2) is 4.79 Å². The van der Waals surface area contributed by atoms with Crippen molar-refractivity contribution in [2.75, 3.05) is 6.61 Å². The molecule has 0 spiro atoms. The molecule has 0 aromatic rings. The molecular weight excluding hydrogens is 316 g/mol. The number of aliphatic hydroxyl groups is 2. The SMILES string of the molecule is O=C1O[C@H](C(O)CO)C([O-])=C1OP(=O)([O-])[O-].[Na+].[Na+].[Na+]. The van der Waals surface area contributed by atoms with Crippen molar-refractivity contribution in [3.63, 3.8) is 0 Å². The Kier molecular flexibility index (Phi) is 14.4. The minimum Gasteiger partial charge on any atom is -0.870 e. The van der Waals surface area contributed by atoms with Crippen LogP contribution in [0.5, 0.6) is 0 Å². The van der Waals surface area contributed by atoms with Crippen molar-refractivity contribution in [2.45, 2.75) is 12.2 Å². The number of phosphoric ester groups is 1. The van der Waals surface area contributed by atoms with Gasteiger partial charge in [-0.05, 0) is 5.76 Å². The summed E-state index contributed by atoms with van der Waals surface area (Å²) >= 11 is 0. The Labute approximate surface area is 174 Å². The Morgan fingerprint density at radius 3 is 2.21 bits per heavy atom. The van der Waals surface area contributed by atoms with E-state index in [0.717, 1.165) is 0 Å². The first kappa shape index (κ1) is 25.8. The predicted molar refractivity (Wildman–Crippen MR) is 38.7 cm³/mol. The molecule has 0 fully saturated rings. The van der Waals surface area contributed by atoms with E-state index in [1.807, 2.05) is 0 Å². The number of hydrogen-bond donors (Lipinski definition) is 2. The van der Waals surface area contributed by atoms with Gasteiger partial charge in [-0.2, -0.15) is 0 Å². The normalized spacial score (nSPS) is 19.6. The maximum Gasteiger partial charge on any atom is 1.00 e. The molecule has 0 saturated heterocycles. The zero-order valence-electron chi connectivity index (χ0n) is 10.6. The first-order valence-electron chi connectivity index (χ1n) is 3.89. The van der Waals surface area contributed by atoms with Gasteiger partial charge in [0.2, 0.25) is 5.76 Å². The summed E-state index contributed by atoms with van der Waals surface area (Å²) in [5, 5.41) is 28.7. The fourth-order valence-corrected chi connectivity index (χ4v) is 1.38. The second-order valence-corrected chi connectivity index (χ2v) is 3.88. The summed E-state index contributed by atoms with van der Waals surface area (Å²) in [4.78, 5) is 31.3. The average molecular weight is 322 g/mol. The quantitative estimate of drug-likeness (QED) is 0.290. The van der Waals surface area contributed by atoms with Crippen LogP contribution in [-0.4, -0.2) is 35.0 Å². The zero-order valence-corrected chi connectivity index (χ0v) is 17.5. The molecule has 0 saturated carbocycles. The predicted octanol–water partition coefficient (Wildman–Crippen LogP) is -13.3. The van der Waals surface area contributed by atoms with E-state index in [-0.39, 0.29) is 88.7 Å². The van der Waals surface area contributed by atoms with Crippen LogP contribution in [0.2, 0.25) is 0 Å². The molecule has 2 atom stereocenters. The second-order valence-electron chi connectivity index (χ2n) is 2.81. The molecule has 0 aromatic heterocycles. The van der Waals surface area contributed by atoms with Gasteiger partial charge >= 0.3 is 94.6 Å². The van der Waals surface area contributed by atoms with Gasteiger partial charge in [0.05, 0.1) is 6.61 Å². The third-order valence-corrected chi connectivity index (χ3v) is 2.05. The van der Waals surface area contributed by atoms with Crippen LogP contribution in [0.25, 0.3) is 0 Å². The molecule has 13 heteroatoms. The van der Waals surface area contributed by atoms with E-state index in [1.165, 1.54) is 0 Å². The number of cyclic esters (lactones) is 1. The summed E-state index contributed by atoms with van der Waals surface area (Å²) in [7, 11) is -5.56. The van der Waals surface area contributed by atoms with E-state index in [1.54, 1.807) is 0 Å². The number of ether oxygens (including phenoxy) is 1. The van der Waals surface area contributed by atoms with Crippen molar-refractivity contribution in [1.82, 2.24) is 0 Å². The molecule has 0 radical (unpaired) electrons. The van der Waals surface area contributed by atoms with E-state index in [9.17, 15) is 24.3 Å². The Balaban J connectivity index is -0.000000853. The first-order chi connectivity index (χ1) is 7.26.